The Morgan fingerprint density at radius 2 is 1.30 bits per heavy atom. The number of phosphoric ester groups is 1. The lowest BCUT2D eigenvalue weighted by Crippen LogP contribution is -2.64. The van der Waals surface area contributed by atoms with Crippen molar-refractivity contribution in [2.24, 2.45) is 10.8 Å². The minimum Gasteiger partial charge on any atom is -0.481 e. The molecule has 2 bridgehead atoms. The van der Waals surface area contributed by atoms with Crippen molar-refractivity contribution in [2.75, 3.05) is 65.1 Å². The van der Waals surface area contributed by atoms with Crippen molar-refractivity contribution < 1.29 is 130 Å². The fourth-order valence-electron chi connectivity index (χ4n) is 13.5. The minimum absolute atomic E-state index is 0.0618. The van der Waals surface area contributed by atoms with Crippen LogP contribution in [0.5, 0.6) is 5.75 Å². The quantitative estimate of drug-likeness (QED) is 0.00478. The Labute approximate surface area is 647 Å². The first-order chi connectivity index (χ1) is 53.2. The summed E-state index contributed by atoms with van der Waals surface area (Å²) in [6.45, 7) is 1.69. The number of nitrogens with zero attached hydrogens (tertiary/aromatic N) is 8. The molecule has 30 nitrogen and oxygen atoms in total. The van der Waals surface area contributed by atoms with Crippen LogP contribution in [0, 0.1) is 41.2 Å². The molecule has 8 N–H and O–H groups in total. The molecule has 0 radical (unpaired) electrons. The fraction of sp³-hybridized carbons (Fsp3) is 0.521. The monoisotopic (exact) mass is 1640 g/mol. The van der Waals surface area contributed by atoms with E-state index in [0.29, 0.717) is 108 Å². The van der Waals surface area contributed by atoms with E-state index in [0.717, 1.165) is 43.2 Å². The van der Waals surface area contributed by atoms with E-state index < -0.39 is 201 Å². The van der Waals surface area contributed by atoms with E-state index in [9.17, 15) is 62.1 Å². The van der Waals surface area contributed by atoms with Gasteiger partial charge in [0.2, 0.25) is 17.8 Å². The molecule has 8 rings (SSSR count). The van der Waals surface area contributed by atoms with Gasteiger partial charge in [-0.15, -0.1) is 0 Å². The van der Waals surface area contributed by atoms with Gasteiger partial charge in [-0.05, 0) is 113 Å². The van der Waals surface area contributed by atoms with Crippen molar-refractivity contribution in [1.82, 2.24) is 55.9 Å². The van der Waals surface area contributed by atoms with Crippen molar-refractivity contribution in [3.8, 4) is 28.8 Å². The highest BCUT2D eigenvalue weighted by Gasteiger charge is 2.58. The predicted octanol–water partition coefficient (Wildman–Crippen LogP) is 8.42. The maximum atomic E-state index is 16.9. The molecule has 6 atom stereocenters. The molecule has 5 heterocycles. The van der Waals surface area contributed by atoms with Gasteiger partial charge in [-0.3, -0.25) is 48.9 Å². The number of nitrogens with one attached hydrogen (secondary N) is 4. The predicted molar refractivity (Wildman–Crippen MR) is 382 cm³/mol. The molecule has 2 unspecified atom stereocenters. The van der Waals surface area contributed by atoms with Crippen LogP contribution in [-0.4, -0.2) is 217 Å². The second-order valence-corrected chi connectivity index (χ2v) is 30.6. The van der Waals surface area contributed by atoms with Crippen LogP contribution in [0.4, 0.5) is 59.4 Å². The highest BCUT2D eigenvalue weighted by Crippen LogP contribution is 2.47. The van der Waals surface area contributed by atoms with Gasteiger partial charge in [-0.25, -0.2) is 42.6 Å². The van der Waals surface area contributed by atoms with E-state index in [-0.39, 0.29) is 45.5 Å². The number of carbonyl (C=O) groups is 8. The van der Waals surface area contributed by atoms with Crippen LogP contribution in [0.15, 0.2) is 73.2 Å². The van der Waals surface area contributed by atoms with Crippen LogP contribution in [0.1, 0.15) is 126 Å². The Kier molecular flexibility index (Phi) is 29.0. The number of piperazine rings is 1. The fourth-order valence-corrected chi connectivity index (χ4v) is 13.9. The van der Waals surface area contributed by atoms with E-state index in [2.05, 4.69) is 56.9 Å². The van der Waals surface area contributed by atoms with Crippen molar-refractivity contribution in [3.63, 3.8) is 0 Å². The van der Waals surface area contributed by atoms with Gasteiger partial charge >= 0.3 is 56.8 Å². The topological polar surface area (TPSA) is 385 Å². The zero-order valence-corrected chi connectivity index (χ0v) is 64.1. The van der Waals surface area contributed by atoms with Gasteiger partial charge in [0, 0.05) is 97.5 Å². The summed E-state index contributed by atoms with van der Waals surface area (Å²) < 4.78 is 192. The minimum atomic E-state index is -5.65. The van der Waals surface area contributed by atoms with Crippen LogP contribution in [0.3, 0.4) is 0 Å². The molecular formula is C73H87F10N12O18P. The molecule has 622 valence electrons. The lowest BCUT2D eigenvalue weighted by molar-refractivity contribution is -0.221. The number of aliphatic carboxylic acids is 2. The molecule has 5 amide bonds. The maximum absolute atomic E-state index is 16.9. The molecule has 2 aromatic heterocycles. The van der Waals surface area contributed by atoms with Crippen molar-refractivity contribution in [1.29, 1.82) is 0 Å². The van der Waals surface area contributed by atoms with Crippen molar-refractivity contribution >= 4 is 61.6 Å². The van der Waals surface area contributed by atoms with Crippen LogP contribution in [0.25, 0.3) is 11.3 Å². The average Bonchev–Trinajstić information content (AvgIpc) is 1.78. The highest BCUT2D eigenvalue weighted by atomic mass is 31.2. The Morgan fingerprint density at radius 3 is 1.81 bits per heavy atom. The number of halogens is 10. The van der Waals surface area contributed by atoms with E-state index >= 15 is 44.7 Å². The number of hydrazine groups is 1. The van der Waals surface area contributed by atoms with Gasteiger partial charge in [-0.1, -0.05) is 43.9 Å². The number of amides is 5. The third kappa shape index (κ3) is 23.1. The summed E-state index contributed by atoms with van der Waals surface area (Å²) in [5.74, 6) is -6.11. The van der Waals surface area contributed by atoms with Gasteiger partial charge in [0.05, 0.1) is 87.4 Å². The summed E-state index contributed by atoms with van der Waals surface area (Å²) >= 11 is 0. The third-order valence-corrected chi connectivity index (χ3v) is 20.3. The number of rotatable bonds is 34. The van der Waals surface area contributed by atoms with Crippen molar-refractivity contribution in [3.05, 3.63) is 124 Å². The summed E-state index contributed by atoms with van der Waals surface area (Å²) in [7, 11) is -4.19. The normalized spacial score (nSPS) is 16.6. The first-order valence-electron chi connectivity index (χ1n) is 35.5. The van der Waals surface area contributed by atoms with Gasteiger partial charge in [-0.2, -0.15) is 40.2 Å². The summed E-state index contributed by atoms with van der Waals surface area (Å²) in [4.78, 5) is 145. The van der Waals surface area contributed by atoms with Gasteiger partial charge < -0.3 is 59.4 Å². The second kappa shape index (κ2) is 36.9. The summed E-state index contributed by atoms with van der Waals surface area (Å²) in [6, 6.07) is 3.40. The molecule has 3 aromatic carbocycles. The van der Waals surface area contributed by atoms with E-state index in [1.165, 1.54) is 63.5 Å². The Balaban J connectivity index is 1.28. The molecule has 0 saturated carbocycles. The molecule has 3 aliphatic heterocycles. The number of methoxy groups -OCH3 is 2. The number of hydrogen-bond acceptors (Lipinski definition) is 20. The number of benzene rings is 3. The lowest BCUT2D eigenvalue weighted by Gasteiger charge is -2.47. The summed E-state index contributed by atoms with van der Waals surface area (Å²) in [6.07, 6.45) is -14.6. The molecule has 3 aliphatic rings. The standard InChI is InChI=1S/C73H87F10N12O18P/c1-40-25-45(30-56(96)91(23-21-58(99)100)22-10-11-57(97)98)60(54(26-40)113-114(106,107)108)69(2,3)31-59(101)112-55(37-93(90-64(103)62(88-68(105)110-9)71(6,7)73(81,82)83)36-49-50(74)28-44(29-51(49)75)52-20-24-94(89-52)65(76)77)53(86-63(102)61(87-67(104)109-8)70(4,5)72(78,79)80)27-42-15-12-41(13-16-42)14-17-43-32-84-66(85-33-43)92-34-46-18-19-47(35-92)95(46)48-38-111-39-48/h12-13,15-16,20,24-26,28-29,32-33,46-48,53,55,61-62,65H,10-11,18-19,21-23,27,30-31,34-39H2,1-9H3,(H,86,102)(H,87,104)(H,88,105)(H,90,103)(H,97,98)(H,99,100)(H2,106,107,108)/t46?,47?,53-,55-,61+,62+/m0/s1. The van der Waals surface area contributed by atoms with Crippen LogP contribution in [0.2, 0.25) is 0 Å². The number of alkyl carbamates (subject to hydrolysis) is 2. The number of carboxylic acid groups (broad SMARTS) is 2. The Hall–Kier alpha value is -10.2. The molecule has 5 aromatic rings. The smallest absolute Gasteiger partial charge is 0.481 e. The number of alkyl halides is 8. The molecule has 3 saturated heterocycles. The van der Waals surface area contributed by atoms with E-state index in [4.69, 9.17) is 14.0 Å². The number of esters is 1. The number of aromatic nitrogens is 4. The van der Waals surface area contributed by atoms with Gasteiger partial charge in [0.15, 0.2) is 0 Å². The second-order valence-electron chi connectivity index (χ2n) is 29.4. The Bertz CT molecular complexity index is 4400. The Morgan fingerprint density at radius 1 is 0.737 bits per heavy atom. The lowest BCUT2D eigenvalue weighted by atomic mass is 9.77. The first kappa shape index (κ1) is 89.4. The number of carboxylic acids is 2. The molecule has 0 aliphatic carbocycles. The largest absolute Gasteiger partial charge is 0.524 e. The number of hydrogen-bond donors (Lipinski definition) is 8. The molecule has 114 heavy (non-hydrogen) atoms. The van der Waals surface area contributed by atoms with E-state index in [1.54, 1.807) is 5.32 Å². The van der Waals surface area contributed by atoms with E-state index in [1.807, 2.05) is 5.32 Å². The maximum Gasteiger partial charge on any atom is 0.524 e. The molecular weight excluding hydrogens is 1550 g/mol. The van der Waals surface area contributed by atoms with Crippen LogP contribution in [-0.2, 0) is 77.1 Å². The number of anilines is 1. The molecule has 3 fully saturated rings. The number of fused-ring (bicyclic) bond motifs is 2. The number of carbonyl (C=O) groups excluding carboxylic acids is 6. The highest BCUT2D eigenvalue weighted by molar-refractivity contribution is 7.46. The first-order valence-corrected chi connectivity index (χ1v) is 37.0. The van der Waals surface area contributed by atoms with Crippen molar-refractivity contribution in [2.45, 2.75) is 173 Å². The number of aryl methyl sites for hydroxylation is 1. The number of ether oxygens (including phenoxy) is 4. The SMILES string of the molecule is COC(=O)N[C@H](C(=O)N[C@@H](Cc1ccc(C#Cc2cnc(N3CC4CCC(C3)N4C3COC3)nc2)cc1)[C@H](CN(Cc1c(F)cc(-c2ccn(C(F)F)n2)cc1F)NC(=O)[C@@H](NC(=O)OC)C(C)(C)C(F)(F)F)OC(=O)CC(C)(C)c1c(CC(=O)N(CCCC(=O)O)CCC(=O)O)cc(C)cc1OP(=O)(O)O)C(C)(C)C(F)(F)F. The average molecular weight is 1640 g/mol. The van der Waals surface area contributed by atoms with Crippen LogP contribution < -0.4 is 30.8 Å². The summed E-state index contributed by atoms with van der Waals surface area (Å²) in [5.41, 5.74) is -8.22. The van der Waals surface area contributed by atoms with Gasteiger partial charge in [0.1, 0.15) is 35.6 Å². The third-order valence-electron chi connectivity index (χ3n) is 19.8. The zero-order valence-electron chi connectivity index (χ0n) is 63.2. The number of phosphoric acid groups is 1. The molecule has 41 heteroatoms. The molecule has 0 spiro atoms. The zero-order chi connectivity index (χ0) is 84.3. The summed E-state index contributed by atoms with van der Waals surface area (Å²) in [5, 5.41) is 29.0. The van der Waals surface area contributed by atoms with Gasteiger partial charge in [0.25, 0.3) is 5.91 Å². The van der Waals surface area contributed by atoms with Crippen LogP contribution >= 0.6 is 7.82 Å².